The van der Waals surface area contributed by atoms with Gasteiger partial charge in [-0.05, 0) is 32.2 Å². The van der Waals surface area contributed by atoms with Gasteiger partial charge in [-0.3, -0.25) is 0 Å². The normalized spacial score (nSPS) is 10.6. The summed E-state index contributed by atoms with van der Waals surface area (Å²) in [6, 6.07) is 6.04. The Morgan fingerprint density at radius 1 is 1.44 bits per heavy atom. The molecule has 0 spiro atoms. The number of halogens is 1. The van der Waals surface area contributed by atoms with Crippen LogP contribution in [0, 0.1) is 6.92 Å². The van der Waals surface area contributed by atoms with Gasteiger partial charge in [-0.1, -0.05) is 15.9 Å². The van der Waals surface area contributed by atoms with Crippen LogP contribution in [0.4, 0.5) is 0 Å². The zero-order chi connectivity index (χ0) is 13.0. The standard InChI is InChI=1S/C13H15BrN2OS/c1-9-16-12(8-18-9)7-17-13-4-3-11(14)5-10(13)6-15-2/h3-5,8,15H,6-7H2,1-2H3. The number of aryl methyl sites for hydroxylation is 1. The van der Waals surface area contributed by atoms with Gasteiger partial charge in [-0.15, -0.1) is 11.3 Å². The minimum atomic E-state index is 0.517. The molecule has 2 rings (SSSR count). The first kappa shape index (κ1) is 13.5. The number of hydrogen-bond acceptors (Lipinski definition) is 4. The molecule has 3 nitrogen and oxygen atoms in total. The molecular weight excluding hydrogens is 312 g/mol. The van der Waals surface area contributed by atoms with Crippen LogP contribution in [0.25, 0.3) is 0 Å². The lowest BCUT2D eigenvalue weighted by atomic mass is 10.2. The van der Waals surface area contributed by atoms with Crippen molar-refractivity contribution in [3.05, 3.63) is 44.3 Å². The molecule has 1 heterocycles. The van der Waals surface area contributed by atoms with E-state index in [0.717, 1.165) is 33.0 Å². The van der Waals surface area contributed by atoms with Gasteiger partial charge in [-0.25, -0.2) is 4.98 Å². The first-order valence-corrected chi connectivity index (χ1v) is 7.33. The second-order valence-electron chi connectivity index (χ2n) is 3.93. The Hall–Kier alpha value is -0.910. The lowest BCUT2D eigenvalue weighted by molar-refractivity contribution is 0.298. The van der Waals surface area contributed by atoms with Gasteiger partial charge in [-0.2, -0.15) is 0 Å². The number of nitrogens with one attached hydrogen (secondary N) is 1. The SMILES string of the molecule is CNCc1cc(Br)ccc1OCc1csc(C)n1. The lowest BCUT2D eigenvalue weighted by Gasteiger charge is -2.10. The smallest absolute Gasteiger partial charge is 0.131 e. The first-order valence-electron chi connectivity index (χ1n) is 5.66. The predicted molar refractivity (Wildman–Crippen MR) is 78.1 cm³/mol. The van der Waals surface area contributed by atoms with Crippen molar-refractivity contribution in [2.75, 3.05) is 7.05 Å². The summed E-state index contributed by atoms with van der Waals surface area (Å²) in [6.45, 7) is 3.30. The predicted octanol–water partition coefficient (Wildman–Crippen LogP) is 3.51. The number of thiazole rings is 1. The summed E-state index contributed by atoms with van der Waals surface area (Å²) in [6.07, 6.45) is 0. The molecule has 0 unspecified atom stereocenters. The second kappa shape index (κ2) is 6.31. The van der Waals surface area contributed by atoms with E-state index in [0.29, 0.717) is 6.61 Å². The molecular formula is C13H15BrN2OS. The highest BCUT2D eigenvalue weighted by Crippen LogP contribution is 2.24. The van der Waals surface area contributed by atoms with Gasteiger partial charge in [0.25, 0.3) is 0 Å². The highest BCUT2D eigenvalue weighted by Gasteiger charge is 2.05. The Kier molecular flexibility index (Phi) is 4.74. The molecule has 0 saturated heterocycles. The molecule has 5 heteroatoms. The molecule has 0 radical (unpaired) electrons. The van der Waals surface area contributed by atoms with Gasteiger partial charge in [0.2, 0.25) is 0 Å². The Labute approximate surface area is 119 Å². The summed E-state index contributed by atoms with van der Waals surface area (Å²) >= 11 is 5.12. The zero-order valence-electron chi connectivity index (χ0n) is 10.4. The highest BCUT2D eigenvalue weighted by atomic mass is 79.9. The lowest BCUT2D eigenvalue weighted by Crippen LogP contribution is -2.07. The van der Waals surface area contributed by atoms with Gasteiger partial charge in [0.1, 0.15) is 12.4 Å². The van der Waals surface area contributed by atoms with Gasteiger partial charge in [0, 0.05) is 22.0 Å². The molecule has 1 aromatic heterocycles. The van der Waals surface area contributed by atoms with Gasteiger partial charge >= 0.3 is 0 Å². The molecule has 0 bridgehead atoms. The Morgan fingerprint density at radius 3 is 2.94 bits per heavy atom. The van der Waals surface area contributed by atoms with Crippen molar-refractivity contribution in [2.45, 2.75) is 20.1 Å². The number of rotatable bonds is 5. The maximum Gasteiger partial charge on any atom is 0.131 e. The van der Waals surface area contributed by atoms with E-state index in [4.69, 9.17) is 4.74 Å². The fraction of sp³-hybridized carbons (Fsp3) is 0.308. The van der Waals surface area contributed by atoms with Crippen LogP contribution in [-0.2, 0) is 13.2 Å². The third-order valence-electron chi connectivity index (χ3n) is 2.43. The molecule has 18 heavy (non-hydrogen) atoms. The number of benzene rings is 1. The Morgan fingerprint density at radius 2 is 2.28 bits per heavy atom. The van der Waals surface area contributed by atoms with Crippen molar-refractivity contribution in [2.24, 2.45) is 0 Å². The summed E-state index contributed by atoms with van der Waals surface area (Å²) in [5.41, 5.74) is 2.12. The average molecular weight is 327 g/mol. The van der Waals surface area contributed by atoms with Crippen LogP contribution >= 0.6 is 27.3 Å². The molecule has 0 aliphatic carbocycles. The molecule has 0 atom stereocenters. The van der Waals surface area contributed by atoms with E-state index in [1.54, 1.807) is 11.3 Å². The average Bonchev–Trinajstić information content (AvgIpc) is 2.75. The minimum Gasteiger partial charge on any atom is -0.487 e. The van der Waals surface area contributed by atoms with Crippen LogP contribution in [-0.4, -0.2) is 12.0 Å². The van der Waals surface area contributed by atoms with Crippen LogP contribution in [0.3, 0.4) is 0 Å². The van der Waals surface area contributed by atoms with E-state index in [1.807, 2.05) is 31.5 Å². The second-order valence-corrected chi connectivity index (χ2v) is 5.91. The molecule has 1 N–H and O–H groups in total. The maximum absolute atomic E-state index is 5.83. The summed E-state index contributed by atoms with van der Waals surface area (Å²) in [5, 5.41) is 6.24. The van der Waals surface area contributed by atoms with Crippen molar-refractivity contribution in [3.8, 4) is 5.75 Å². The summed E-state index contributed by atoms with van der Waals surface area (Å²) in [7, 11) is 1.93. The highest BCUT2D eigenvalue weighted by molar-refractivity contribution is 9.10. The number of ether oxygens (including phenoxy) is 1. The number of hydrogen-bond donors (Lipinski definition) is 1. The van der Waals surface area contributed by atoms with E-state index in [-0.39, 0.29) is 0 Å². The molecule has 0 fully saturated rings. The van der Waals surface area contributed by atoms with Crippen LogP contribution in [0.5, 0.6) is 5.75 Å². The van der Waals surface area contributed by atoms with Crippen molar-refractivity contribution in [1.29, 1.82) is 0 Å². The van der Waals surface area contributed by atoms with Crippen LogP contribution in [0.1, 0.15) is 16.3 Å². The minimum absolute atomic E-state index is 0.517. The quantitative estimate of drug-likeness (QED) is 0.912. The third-order valence-corrected chi connectivity index (χ3v) is 3.75. The Balaban J connectivity index is 2.08. The van der Waals surface area contributed by atoms with Gasteiger partial charge in [0.15, 0.2) is 0 Å². The molecule has 0 aliphatic rings. The maximum atomic E-state index is 5.83. The molecule has 0 aliphatic heterocycles. The largest absolute Gasteiger partial charge is 0.487 e. The summed E-state index contributed by atoms with van der Waals surface area (Å²) in [5.74, 6) is 0.901. The van der Waals surface area contributed by atoms with Gasteiger partial charge < -0.3 is 10.1 Å². The molecule has 96 valence electrons. The van der Waals surface area contributed by atoms with E-state index >= 15 is 0 Å². The third kappa shape index (κ3) is 3.54. The summed E-state index contributed by atoms with van der Waals surface area (Å²) in [4.78, 5) is 4.39. The van der Waals surface area contributed by atoms with Crippen LogP contribution in [0.15, 0.2) is 28.1 Å². The van der Waals surface area contributed by atoms with Crippen LogP contribution < -0.4 is 10.1 Å². The molecule has 0 amide bonds. The van der Waals surface area contributed by atoms with Crippen molar-refractivity contribution in [1.82, 2.24) is 10.3 Å². The van der Waals surface area contributed by atoms with Crippen LogP contribution in [0.2, 0.25) is 0 Å². The number of nitrogens with zero attached hydrogens (tertiary/aromatic N) is 1. The number of aromatic nitrogens is 1. The molecule has 2 aromatic rings. The fourth-order valence-electron chi connectivity index (χ4n) is 1.64. The fourth-order valence-corrected chi connectivity index (χ4v) is 2.65. The topological polar surface area (TPSA) is 34.1 Å². The van der Waals surface area contributed by atoms with Crippen molar-refractivity contribution in [3.63, 3.8) is 0 Å². The molecule has 1 aromatic carbocycles. The van der Waals surface area contributed by atoms with Crippen molar-refractivity contribution < 1.29 is 4.74 Å². The first-order chi connectivity index (χ1) is 8.69. The Bertz CT molecular complexity index is 527. The zero-order valence-corrected chi connectivity index (χ0v) is 12.8. The van der Waals surface area contributed by atoms with Crippen molar-refractivity contribution >= 4 is 27.3 Å². The van der Waals surface area contributed by atoms with E-state index in [1.165, 1.54) is 0 Å². The van der Waals surface area contributed by atoms with E-state index < -0.39 is 0 Å². The van der Waals surface area contributed by atoms with E-state index in [9.17, 15) is 0 Å². The monoisotopic (exact) mass is 326 g/mol. The van der Waals surface area contributed by atoms with Gasteiger partial charge in [0.05, 0.1) is 10.7 Å². The molecule has 0 saturated carbocycles. The summed E-state index contributed by atoms with van der Waals surface area (Å²) < 4.78 is 6.89. The van der Waals surface area contributed by atoms with E-state index in [2.05, 4.69) is 32.3 Å².